The third-order valence-corrected chi connectivity index (χ3v) is 1.50. The fourth-order valence-corrected chi connectivity index (χ4v) is 0.812. The van der Waals surface area contributed by atoms with Crippen molar-refractivity contribution in [2.24, 2.45) is 0 Å². The van der Waals surface area contributed by atoms with Crippen LogP contribution in [0.25, 0.3) is 0 Å². The maximum Gasteiger partial charge on any atom is 0.107 e. The number of terminal acetylenes is 1. The Balaban J connectivity index is 0.000000280. The van der Waals surface area contributed by atoms with E-state index in [1.165, 1.54) is 12.8 Å². The second kappa shape index (κ2) is 11.8. The first-order chi connectivity index (χ1) is 6.91. The Kier molecular flexibility index (Phi) is 10.8. The summed E-state index contributed by atoms with van der Waals surface area (Å²) in [5.41, 5.74) is 0. The highest BCUT2D eigenvalue weighted by Crippen LogP contribution is 1.92. The van der Waals surface area contributed by atoms with Gasteiger partial charge in [-0.3, -0.25) is 0 Å². The monoisotopic (exact) mass is 194 g/mol. The molecule has 0 N–H and O–H groups in total. The van der Waals surface area contributed by atoms with Crippen LogP contribution in [-0.2, 0) is 4.74 Å². The summed E-state index contributed by atoms with van der Waals surface area (Å²) in [6.07, 6.45) is 11.8. The van der Waals surface area contributed by atoms with Crippen LogP contribution in [0.3, 0.4) is 0 Å². The second-order valence-corrected chi connectivity index (χ2v) is 2.76. The lowest BCUT2D eigenvalue weighted by molar-refractivity contribution is 0.162. The Morgan fingerprint density at radius 2 is 2.00 bits per heavy atom. The molecule has 1 aromatic rings. The molecule has 0 aromatic carbocycles. The van der Waals surface area contributed by atoms with E-state index < -0.39 is 0 Å². The topological polar surface area (TPSA) is 22.4 Å². The molecule has 0 saturated carbocycles. The molecule has 0 aliphatic carbocycles. The summed E-state index contributed by atoms with van der Waals surface area (Å²) in [4.78, 5) is 0. The molecule has 0 fully saturated rings. The fraction of sp³-hybridized carbons (Fsp3) is 0.500. The van der Waals surface area contributed by atoms with Crippen molar-refractivity contribution in [3.05, 3.63) is 24.7 Å². The van der Waals surface area contributed by atoms with Crippen molar-refractivity contribution in [3.8, 4) is 12.3 Å². The molecule has 0 unspecified atom stereocenters. The minimum absolute atomic E-state index is 0.462. The first-order valence-corrected chi connectivity index (χ1v) is 4.90. The van der Waals surface area contributed by atoms with Gasteiger partial charge in [0.05, 0.1) is 12.5 Å². The van der Waals surface area contributed by atoms with E-state index in [1.54, 1.807) is 12.5 Å². The van der Waals surface area contributed by atoms with Crippen LogP contribution in [0.15, 0.2) is 29.1 Å². The van der Waals surface area contributed by atoms with Gasteiger partial charge in [-0.1, -0.05) is 25.7 Å². The minimum atomic E-state index is 0.462. The highest BCUT2D eigenvalue weighted by atomic mass is 16.5. The van der Waals surface area contributed by atoms with Gasteiger partial charge in [0, 0.05) is 6.61 Å². The number of hydrogen-bond donors (Lipinski definition) is 0. The van der Waals surface area contributed by atoms with Crippen LogP contribution in [0.5, 0.6) is 0 Å². The zero-order valence-electron chi connectivity index (χ0n) is 8.74. The van der Waals surface area contributed by atoms with Crippen LogP contribution in [-0.4, -0.2) is 13.2 Å². The van der Waals surface area contributed by atoms with Crippen molar-refractivity contribution >= 4 is 0 Å². The summed E-state index contributed by atoms with van der Waals surface area (Å²) in [7, 11) is 0. The predicted molar refractivity (Wildman–Crippen MR) is 57.9 cm³/mol. The number of hydrogen-bond acceptors (Lipinski definition) is 2. The summed E-state index contributed by atoms with van der Waals surface area (Å²) in [5.74, 6) is 2.42. The Morgan fingerprint density at radius 1 is 1.29 bits per heavy atom. The van der Waals surface area contributed by atoms with Crippen molar-refractivity contribution in [2.75, 3.05) is 13.2 Å². The fourth-order valence-electron chi connectivity index (χ4n) is 0.812. The summed E-state index contributed by atoms with van der Waals surface area (Å²) in [6, 6.07) is 3.67. The molecule has 2 nitrogen and oxygen atoms in total. The molecule has 0 spiro atoms. The molecule has 14 heavy (non-hydrogen) atoms. The molecule has 0 aliphatic heterocycles. The van der Waals surface area contributed by atoms with Crippen LogP contribution in [0.1, 0.15) is 26.2 Å². The summed E-state index contributed by atoms with van der Waals surface area (Å²) in [6.45, 7) is 3.45. The van der Waals surface area contributed by atoms with E-state index in [-0.39, 0.29) is 0 Å². The van der Waals surface area contributed by atoms with Gasteiger partial charge in [0.1, 0.15) is 6.61 Å². The second-order valence-electron chi connectivity index (χ2n) is 2.76. The van der Waals surface area contributed by atoms with Crippen molar-refractivity contribution < 1.29 is 9.15 Å². The van der Waals surface area contributed by atoms with Crippen molar-refractivity contribution in [3.63, 3.8) is 0 Å². The van der Waals surface area contributed by atoms with Gasteiger partial charge < -0.3 is 9.15 Å². The van der Waals surface area contributed by atoms with Gasteiger partial charge in [-0.25, -0.2) is 0 Å². The SMILES string of the molecule is C#CCOCCCCC.c1ccoc1. The predicted octanol–water partition coefficient (Wildman–Crippen LogP) is 3.11. The maximum atomic E-state index is 5.05. The Hall–Kier alpha value is -1.20. The average Bonchev–Trinajstić information content (AvgIpc) is 2.76. The van der Waals surface area contributed by atoms with E-state index >= 15 is 0 Å². The normalized spacial score (nSPS) is 8.57. The van der Waals surface area contributed by atoms with E-state index in [0.29, 0.717) is 6.61 Å². The molecular formula is C12H18O2. The zero-order chi connectivity index (χ0) is 10.5. The summed E-state index contributed by atoms with van der Waals surface area (Å²) in [5, 5.41) is 0. The third kappa shape index (κ3) is 10.8. The van der Waals surface area contributed by atoms with Crippen LogP contribution < -0.4 is 0 Å². The number of rotatable bonds is 5. The van der Waals surface area contributed by atoms with Crippen LogP contribution >= 0.6 is 0 Å². The molecule has 0 amide bonds. The van der Waals surface area contributed by atoms with Gasteiger partial charge in [0.25, 0.3) is 0 Å². The Bertz CT molecular complexity index is 192. The molecule has 78 valence electrons. The summed E-state index contributed by atoms with van der Waals surface area (Å²) < 4.78 is 9.63. The van der Waals surface area contributed by atoms with Gasteiger partial charge in [0.2, 0.25) is 0 Å². The molecule has 0 aliphatic rings. The largest absolute Gasteiger partial charge is 0.473 e. The smallest absolute Gasteiger partial charge is 0.107 e. The molecule has 2 heteroatoms. The molecule has 0 atom stereocenters. The summed E-state index contributed by atoms with van der Waals surface area (Å²) >= 11 is 0. The first-order valence-electron chi connectivity index (χ1n) is 4.90. The van der Waals surface area contributed by atoms with E-state index in [9.17, 15) is 0 Å². The van der Waals surface area contributed by atoms with Crippen LogP contribution in [0.2, 0.25) is 0 Å². The molecule has 1 aromatic heterocycles. The van der Waals surface area contributed by atoms with E-state index in [1.807, 2.05) is 12.1 Å². The average molecular weight is 194 g/mol. The quantitative estimate of drug-likeness (QED) is 0.531. The van der Waals surface area contributed by atoms with Crippen molar-refractivity contribution in [1.29, 1.82) is 0 Å². The number of ether oxygens (including phenoxy) is 1. The highest BCUT2D eigenvalue weighted by Gasteiger charge is 1.83. The standard InChI is InChI=1S/C8H14O.C4H4O/c1-3-5-6-8-9-7-4-2;1-2-4-5-3-1/h2H,3,5-8H2,1H3;1-4H. The zero-order valence-corrected chi connectivity index (χ0v) is 8.74. The minimum Gasteiger partial charge on any atom is -0.473 e. The van der Waals surface area contributed by atoms with Gasteiger partial charge in [-0.05, 0) is 18.6 Å². The third-order valence-electron chi connectivity index (χ3n) is 1.50. The van der Waals surface area contributed by atoms with Crippen LogP contribution in [0, 0.1) is 12.3 Å². The Labute approximate surface area is 86.3 Å². The van der Waals surface area contributed by atoms with Crippen molar-refractivity contribution in [2.45, 2.75) is 26.2 Å². The molecule has 1 rings (SSSR count). The molecular weight excluding hydrogens is 176 g/mol. The molecule has 0 saturated heterocycles. The first kappa shape index (κ1) is 12.8. The lowest BCUT2D eigenvalue weighted by atomic mass is 10.3. The van der Waals surface area contributed by atoms with Gasteiger partial charge >= 0.3 is 0 Å². The Morgan fingerprint density at radius 3 is 2.43 bits per heavy atom. The number of furan rings is 1. The van der Waals surface area contributed by atoms with Crippen molar-refractivity contribution in [1.82, 2.24) is 0 Å². The lowest BCUT2D eigenvalue weighted by Crippen LogP contribution is -1.93. The lowest BCUT2D eigenvalue weighted by Gasteiger charge is -1.96. The molecule has 0 bridgehead atoms. The van der Waals surface area contributed by atoms with Gasteiger partial charge in [-0.2, -0.15) is 0 Å². The van der Waals surface area contributed by atoms with Gasteiger partial charge in [-0.15, -0.1) is 6.42 Å². The van der Waals surface area contributed by atoms with Gasteiger partial charge in [0.15, 0.2) is 0 Å². The maximum absolute atomic E-state index is 5.05. The highest BCUT2D eigenvalue weighted by molar-refractivity contribution is 4.82. The van der Waals surface area contributed by atoms with E-state index in [2.05, 4.69) is 17.3 Å². The number of unbranched alkanes of at least 4 members (excludes halogenated alkanes) is 2. The van der Waals surface area contributed by atoms with Crippen LogP contribution in [0.4, 0.5) is 0 Å². The molecule has 1 heterocycles. The van der Waals surface area contributed by atoms with E-state index in [4.69, 9.17) is 11.2 Å². The molecule has 0 radical (unpaired) electrons. The van der Waals surface area contributed by atoms with E-state index in [0.717, 1.165) is 13.0 Å².